The second-order valence-corrected chi connectivity index (χ2v) is 5.69. The van der Waals surface area contributed by atoms with E-state index in [1.54, 1.807) is 0 Å². The maximum Gasteiger partial charge on any atom is 0.111 e. The van der Waals surface area contributed by atoms with Crippen LogP contribution in [0.1, 0.15) is 30.1 Å². The molecule has 1 aliphatic heterocycles. The molecule has 1 aromatic carbocycles. The number of nitriles is 1. The number of hydrogen-bond acceptors (Lipinski definition) is 3. The summed E-state index contributed by atoms with van der Waals surface area (Å²) in [6, 6.07) is 7.96. The minimum atomic E-state index is -0.813. The fourth-order valence-corrected chi connectivity index (χ4v) is 2.68. The van der Waals surface area contributed by atoms with Gasteiger partial charge in [0, 0.05) is 11.1 Å². The molecule has 0 spiro atoms. The highest BCUT2D eigenvalue weighted by Gasteiger charge is 2.41. The normalized spacial score (nSPS) is 25.4. The van der Waals surface area contributed by atoms with Gasteiger partial charge in [-0.15, -0.1) is 0 Å². The number of benzene rings is 1. The molecule has 18 heavy (non-hydrogen) atoms. The third-order valence-corrected chi connectivity index (χ3v) is 4.38. The average molecular weight is 310 g/mol. The van der Waals surface area contributed by atoms with Gasteiger partial charge in [0.25, 0.3) is 0 Å². The van der Waals surface area contributed by atoms with Crippen LogP contribution in [0.5, 0.6) is 0 Å². The molecular formula is C14H16BrNO2. The van der Waals surface area contributed by atoms with Crippen LogP contribution in [0, 0.1) is 23.7 Å². The molecule has 0 bridgehead atoms. The number of rotatable bonds is 2. The number of nitrogens with zero attached hydrogens (tertiary/aromatic N) is 1. The zero-order valence-corrected chi connectivity index (χ0v) is 11.9. The van der Waals surface area contributed by atoms with Gasteiger partial charge in [0.1, 0.15) is 5.41 Å². The SMILES string of the molecule is Cc1ccc(C(O)C2(C#N)CCCOC2)cc1Br. The Hall–Kier alpha value is -0.890. The highest BCUT2D eigenvalue weighted by atomic mass is 79.9. The summed E-state index contributed by atoms with van der Waals surface area (Å²) >= 11 is 3.45. The van der Waals surface area contributed by atoms with Crippen LogP contribution in [-0.2, 0) is 4.74 Å². The molecule has 0 amide bonds. The molecular weight excluding hydrogens is 294 g/mol. The predicted molar refractivity (Wildman–Crippen MR) is 71.9 cm³/mol. The van der Waals surface area contributed by atoms with Gasteiger partial charge in [0.05, 0.1) is 18.8 Å². The van der Waals surface area contributed by atoms with Crippen molar-refractivity contribution in [3.8, 4) is 6.07 Å². The zero-order chi connectivity index (χ0) is 13.2. The first-order chi connectivity index (χ1) is 8.59. The molecule has 0 radical (unpaired) electrons. The van der Waals surface area contributed by atoms with Crippen molar-refractivity contribution in [3.63, 3.8) is 0 Å². The highest BCUT2D eigenvalue weighted by Crippen LogP contribution is 2.41. The van der Waals surface area contributed by atoms with Crippen LogP contribution >= 0.6 is 15.9 Å². The molecule has 1 aromatic rings. The molecule has 2 rings (SSSR count). The van der Waals surface area contributed by atoms with Crippen molar-refractivity contribution >= 4 is 15.9 Å². The first-order valence-corrected chi connectivity index (χ1v) is 6.81. The Balaban J connectivity index is 2.31. The summed E-state index contributed by atoms with van der Waals surface area (Å²) in [5.41, 5.74) is 1.06. The number of aliphatic hydroxyl groups excluding tert-OH is 1. The van der Waals surface area contributed by atoms with E-state index in [9.17, 15) is 10.4 Å². The molecule has 1 fully saturated rings. The number of ether oxygens (including phenoxy) is 1. The van der Waals surface area contributed by atoms with E-state index in [2.05, 4.69) is 22.0 Å². The van der Waals surface area contributed by atoms with Gasteiger partial charge >= 0.3 is 0 Å². The molecule has 0 aromatic heterocycles. The van der Waals surface area contributed by atoms with Crippen molar-refractivity contribution in [2.24, 2.45) is 5.41 Å². The summed E-state index contributed by atoms with van der Waals surface area (Å²) in [4.78, 5) is 0. The van der Waals surface area contributed by atoms with E-state index >= 15 is 0 Å². The second kappa shape index (κ2) is 5.40. The molecule has 2 atom stereocenters. The third-order valence-electron chi connectivity index (χ3n) is 3.53. The van der Waals surface area contributed by atoms with E-state index in [0.29, 0.717) is 19.6 Å². The summed E-state index contributed by atoms with van der Waals surface area (Å²) in [6.07, 6.45) is 0.688. The number of halogens is 1. The molecule has 1 aliphatic rings. The van der Waals surface area contributed by atoms with Crippen LogP contribution in [0.15, 0.2) is 22.7 Å². The topological polar surface area (TPSA) is 53.2 Å². The van der Waals surface area contributed by atoms with E-state index in [1.165, 1.54) is 0 Å². The minimum absolute atomic E-state index is 0.302. The van der Waals surface area contributed by atoms with Crippen LogP contribution in [-0.4, -0.2) is 18.3 Å². The fraction of sp³-hybridized carbons (Fsp3) is 0.500. The van der Waals surface area contributed by atoms with Gasteiger partial charge in [-0.05, 0) is 37.0 Å². The Morgan fingerprint density at radius 1 is 1.56 bits per heavy atom. The van der Waals surface area contributed by atoms with Crippen molar-refractivity contribution < 1.29 is 9.84 Å². The second-order valence-electron chi connectivity index (χ2n) is 4.84. The van der Waals surface area contributed by atoms with Crippen molar-refractivity contribution in [1.82, 2.24) is 0 Å². The standard InChI is InChI=1S/C14H16BrNO2/c1-10-3-4-11(7-12(10)15)13(17)14(8-16)5-2-6-18-9-14/h3-4,7,13,17H,2,5-6,9H2,1H3. The van der Waals surface area contributed by atoms with Crippen LogP contribution in [0.2, 0.25) is 0 Å². The average Bonchev–Trinajstić information content (AvgIpc) is 2.42. The number of aliphatic hydroxyl groups is 1. The smallest absolute Gasteiger partial charge is 0.111 e. The van der Waals surface area contributed by atoms with E-state index in [1.807, 2.05) is 25.1 Å². The van der Waals surface area contributed by atoms with Gasteiger partial charge < -0.3 is 9.84 Å². The molecule has 1 heterocycles. The highest BCUT2D eigenvalue weighted by molar-refractivity contribution is 9.10. The van der Waals surface area contributed by atoms with E-state index in [0.717, 1.165) is 22.0 Å². The molecule has 2 unspecified atom stereocenters. The van der Waals surface area contributed by atoms with Gasteiger partial charge in [0.2, 0.25) is 0 Å². The van der Waals surface area contributed by atoms with Crippen LogP contribution in [0.25, 0.3) is 0 Å². The van der Waals surface area contributed by atoms with Gasteiger partial charge in [0.15, 0.2) is 0 Å². The van der Waals surface area contributed by atoms with Crippen molar-refractivity contribution in [2.45, 2.75) is 25.9 Å². The molecule has 1 N–H and O–H groups in total. The molecule has 0 saturated carbocycles. The van der Waals surface area contributed by atoms with E-state index in [-0.39, 0.29) is 0 Å². The van der Waals surface area contributed by atoms with Gasteiger partial charge in [-0.1, -0.05) is 28.1 Å². The Morgan fingerprint density at radius 3 is 2.89 bits per heavy atom. The summed E-state index contributed by atoms with van der Waals surface area (Å²) in [7, 11) is 0. The maximum absolute atomic E-state index is 10.5. The van der Waals surface area contributed by atoms with Gasteiger partial charge in [-0.3, -0.25) is 0 Å². The number of aryl methyl sites for hydroxylation is 1. The Morgan fingerprint density at radius 2 is 2.33 bits per heavy atom. The number of hydrogen-bond donors (Lipinski definition) is 1. The lowest BCUT2D eigenvalue weighted by atomic mass is 9.76. The van der Waals surface area contributed by atoms with E-state index < -0.39 is 11.5 Å². The Bertz CT molecular complexity index is 475. The van der Waals surface area contributed by atoms with Gasteiger partial charge in [-0.2, -0.15) is 5.26 Å². The van der Waals surface area contributed by atoms with E-state index in [4.69, 9.17) is 4.74 Å². The lowest BCUT2D eigenvalue weighted by Crippen LogP contribution is -2.36. The largest absolute Gasteiger partial charge is 0.387 e. The fourth-order valence-electron chi connectivity index (χ4n) is 2.28. The van der Waals surface area contributed by atoms with Crippen molar-refractivity contribution in [3.05, 3.63) is 33.8 Å². The Kier molecular flexibility index (Phi) is 4.06. The van der Waals surface area contributed by atoms with Crippen molar-refractivity contribution in [2.75, 3.05) is 13.2 Å². The molecule has 3 nitrogen and oxygen atoms in total. The lowest BCUT2D eigenvalue weighted by molar-refractivity contribution is -0.0506. The van der Waals surface area contributed by atoms with Crippen LogP contribution in [0.4, 0.5) is 0 Å². The van der Waals surface area contributed by atoms with Crippen LogP contribution < -0.4 is 0 Å². The maximum atomic E-state index is 10.5. The predicted octanol–water partition coefficient (Wildman–Crippen LogP) is 3.11. The molecule has 96 valence electrons. The minimum Gasteiger partial charge on any atom is -0.387 e. The molecule has 4 heteroatoms. The summed E-state index contributed by atoms with van der Waals surface area (Å²) in [5.74, 6) is 0. The van der Waals surface area contributed by atoms with Gasteiger partial charge in [-0.25, -0.2) is 0 Å². The first kappa shape index (κ1) is 13.5. The summed E-state index contributed by atoms with van der Waals surface area (Å²) < 4.78 is 6.33. The molecule has 1 saturated heterocycles. The zero-order valence-electron chi connectivity index (χ0n) is 10.3. The summed E-state index contributed by atoms with van der Waals surface area (Å²) in [6.45, 7) is 2.97. The monoisotopic (exact) mass is 309 g/mol. The first-order valence-electron chi connectivity index (χ1n) is 6.02. The van der Waals surface area contributed by atoms with Crippen LogP contribution in [0.3, 0.4) is 0 Å². The van der Waals surface area contributed by atoms with Crippen molar-refractivity contribution in [1.29, 1.82) is 5.26 Å². The quantitative estimate of drug-likeness (QED) is 0.913. The summed E-state index contributed by atoms with van der Waals surface area (Å²) in [5, 5.41) is 19.9. The molecule has 0 aliphatic carbocycles. The lowest BCUT2D eigenvalue weighted by Gasteiger charge is -2.35. The third kappa shape index (κ3) is 2.44. The Labute approximate surface area is 116 Å².